The lowest BCUT2D eigenvalue weighted by atomic mass is 10.3. The van der Waals surface area contributed by atoms with Crippen LogP contribution in [0.4, 0.5) is 17.5 Å². The van der Waals surface area contributed by atoms with Crippen molar-refractivity contribution in [3.8, 4) is 5.88 Å². The standard InChI is InChI=1S/C12H14N4O3S/c1-19-11-7-10(15-12(13)16-11)14-8-3-5-9(6-4-8)20(2,17)18/h3-7H,1-2H3,(H3,13,14,15,16). The third-order valence-corrected chi connectivity index (χ3v) is 3.61. The van der Waals surface area contributed by atoms with E-state index in [0.717, 1.165) is 6.26 Å². The monoisotopic (exact) mass is 294 g/mol. The van der Waals surface area contributed by atoms with E-state index < -0.39 is 9.84 Å². The van der Waals surface area contributed by atoms with Gasteiger partial charge in [-0.2, -0.15) is 9.97 Å². The van der Waals surface area contributed by atoms with Crippen LogP contribution in [0, 0.1) is 0 Å². The third kappa shape index (κ3) is 3.35. The van der Waals surface area contributed by atoms with Crippen molar-refractivity contribution in [2.24, 2.45) is 0 Å². The predicted octanol–water partition coefficient (Wildman–Crippen LogP) is 1.21. The van der Waals surface area contributed by atoms with Crippen molar-refractivity contribution in [2.75, 3.05) is 24.4 Å². The minimum absolute atomic E-state index is 0.0830. The maximum atomic E-state index is 11.4. The lowest BCUT2D eigenvalue weighted by molar-refractivity contribution is 0.398. The highest BCUT2D eigenvalue weighted by molar-refractivity contribution is 7.90. The second-order valence-corrected chi connectivity index (χ2v) is 6.09. The van der Waals surface area contributed by atoms with Gasteiger partial charge in [0.25, 0.3) is 0 Å². The Bertz CT molecular complexity index is 714. The van der Waals surface area contributed by atoms with Crippen LogP contribution in [-0.2, 0) is 9.84 Å². The topological polar surface area (TPSA) is 107 Å². The zero-order chi connectivity index (χ0) is 14.8. The average Bonchev–Trinajstić information content (AvgIpc) is 2.37. The number of nitrogens with two attached hydrogens (primary N) is 1. The van der Waals surface area contributed by atoms with Crippen molar-refractivity contribution in [3.63, 3.8) is 0 Å². The molecular formula is C12H14N4O3S. The summed E-state index contributed by atoms with van der Waals surface area (Å²) in [7, 11) is -1.72. The molecule has 1 heterocycles. The Labute approximate surface area is 116 Å². The Hall–Kier alpha value is -2.35. The first-order valence-electron chi connectivity index (χ1n) is 5.64. The number of aromatic nitrogens is 2. The zero-order valence-corrected chi connectivity index (χ0v) is 11.8. The molecule has 0 spiro atoms. The summed E-state index contributed by atoms with van der Waals surface area (Å²) < 4.78 is 27.7. The fraction of sp³-hybridized carbons (Fsp3) is 0.167. The molecule has 0 fully saturated rings. The number of hydrogen-bond donors (Lipinski definition) is 2. The molecule has 1 aromatic carbocycles. The van der Waals surface area contributed by atoms with Crippen LogP contribution >= 0.6 is 0 Å². The van der Waals surface area contributed by atoms with Crippen molar-refractivity contribution in [1.82, 2.24) is 9.97 Å². The van der Waals surface area contributed by atoms with E-state index in [1.165, 1.54) is 19.2 Å². The molecule has 0 saturated heterocycles. The van der Waals surface area contributed by atoms with Crippen molar-refractivity contribution in [1.29, 1.82) is 0 Å². The molecule has 0 radical (unpaired) electrons. The van der Waals surface area contributed by atoms with Crippen molar-refractivity contribution in [2.45, 2.75) is 4.90 Å². The molecule has 0 unspecified atom stereocenters. The molecule has 8 heteroatoms. The van der Waals surface area contributed by atoms with Crippen molar-refractivity contribution >= 4 is 27.3 Å². The predicted molar refractivity (Wildman–Crippen MR) is 75.8 cm³/mol. The summed E-state index contributed by atoms with van der Waals surface area (Å²) in [6, 6.07) is 7.89. The zero-order valence-electron chi connectivity index (χ0n) is 11.0. The first kappa shape index (κ1) is 14.1. The van der Waals surface area contributed by atoms with Gasteiger partial charge >= 0.3 is 0 Å². The fourth-order valence-corrected chi connectivity index (χ4v) is 2.18. The molecule has 0 atom stereocenters. The quantitative estimate of drug-likeness (QED) is 0.872. The molecule has 3 N–H and O–H groups in total. The van der Waals surface area contributed by atoms with Gasteiger partial charge in [-0.05, 0) is 24.3 Å². The number of anilines is 3. The van der Waals surface area contributed by atoms with Crippen molar-refractivity contribution in [3.05, 3.63) is 30.3 Å². The van der Waals surface area contributed by atoms with Gasteiger partial charge in [-0.25, -0.2) is 8.42 Å². The van der Waals surface area contributed by atoms with Crippen LogP contribution in [0.3, 0.4) is 0 Å². The molecule has 2 aromatic rings. The van der Waals surface area contributed by atoms with Gasteiger partial charge < -0.3 is 15.8 Å². The summed E-state index contributed by atoms with van der Waals surface area (Å²) in [5, 5.41) is 2.99. The molecule has 0 saturated carbocycles. The number of hydrogen-bond acceptors (Lipinski definition) is 7. The highest BCUT2D eigenvalue weighted by atomic mass is 32.2. The van der Waals surface area contributed by atoms with E-state index in [1.807, 2.05) is 0 Å². The molecule has 20 heavy (non-hydrogen) atoms. The van der Waals surface area contributed by atoms with Crippen LogP contribution in [0.5, 0.6) is 5.88 Å². The number of benzene rings is 1. The second-order valence-electron chi connectivity index (χ2n) is 4.08. The van der Waals surface area contributed by atoms with Gasteiger partial charge in [-0.3, -0.25) is 0 Å². The maximum Gasteiger partial charge on any atom is 0.225 e. The summed E-state index contributed by atoms with van der Waals surface area (Å²) in [6.07, 6.45) is 1.16. The van der Waals surface area contributed by atoms with Gasteiger partial charge in [-0.15, -0.1) is 0 Å². The average molecular weight is 294 g/mol. The Morgan fingerprint density at radius 2 is 1.85 bits per heavy atom. The summed E-state index contributed by atoms with van der Waals surface area (Å²) in [4.78, 5) is 8.12. The van der Waals surface area contributed by atoms with Gasteiger partial charge in [0, 0.05) is 18.0 Å². The minimum atomic E-state index is -3.20. The van der Waals surface area contributed by atoms with Crippen LogP contribution in [0.15, 0.2) is 35.2 Å². The molecule has 2 rings (SSSR count). The number of sulfone groups is 1. The highest BCUT2D eigenvalue weighted by Crippen LogP contribution is 2.20. The van der Waals surface area contributed by atoms with E-state index in [-0.39, 0.29) is 10.8 Å². The molecule has 1 aromatic heterocycles. The van der Waals surface area contributed by atoms with Gasteiger partial charge in [0.1, 0.15) is 5.82 Å². The number of nitrogens with one attached hydrogen (secondary N) is 1. The fourth-order valence-electron chi connectivity index (χ4n) is 1.54. The number of rotatable bonds is 4. The van der Waals surface area contributed by atoms with E-state index in [0.29, 0.717) is 17.4 Å². The Morgan fingerprint density at radius 3 is 2.40 bits per heavy atom. The van der Waals surface area contributed by atoms with Crippen LogP contribution in [0.2, 0.25) is 0 Å². The minimum Gasteiger partial charge on any atom is -0.481 e. The summed E-state index contributed by atoms with van der Waals surface area (Å²) >= 11 is 0. The lowest BCUT2D eigenvalue weighted by Crippen LogP contribution is -2.02. The summed E-state index contributed by atoms with van der Waals surface area (Å²) in [5.74, 6) is 0.883. The number of nitrogen functional groups attached to an aromatic ring is 1. The summed E-state index contributed by atoms with van der Waals surface area (Å²) in [6.45, 7) is 0. The van der Waals surface area contributed by atoms with Crippen LogP contribution in [-0.4, -0.2) is 31.8 Å². The normalized spacial score (nSPS) is 11.1. The van der Waals surface area contributed by atoms with Gasteiger partial charge in [0.05, 0.1) is 12.0 Å². The van der Waals surface area contributed by atoms with Crippen molar-refractivity contribution < 1.29 is 13.2 Å². The molecule has 0 amide bonds. The van der Waals surface area contributed by atoms with Gasteiger partial charge in [0.2, 0.25) is 11.8 Å². The van der Waals surface area contributed by atoms with E-state index in [4.69, 9.17) is 10.5 Å². The highest BCUT2D eigenvalue weighted by Gasteiger charge is 2.07. The number of ether oxygens (including phenoxy) is 1. The van der Waals surface area contributed by atoms with E-state index in [2.05, 4.69) is 15.3 Å². The van der Waals surface area contributed by atoms with Gasteiger partial charge in [-0.1, -0.05) is 0 Å². The SMILES string of the molecule is COc1cc(Nc2ccc(S(C)(=O)=O)cc2)nc(N)n1. The second kappa shape index (κ2) is 5.33. The molecule has 0 bridgehead atoms. The first-order chi connectivity index (χ1) is 9.38. The molecular weight excluding hydrogens is 280 g/mol. The van der Waals surface area contributed by atoms with Crippen LogP contribution in [0.1, 0.15) is 0 Å². The van der Waals surface area contributed by atoms with E-state index >= 15 is 0 Å². The molecule has 0 aliphatic heterocycles. The smallest absolute Gasteiger partial charge is 0.225 e. The van der Waals surface area contributed by atoms with E-state index in [1.54, 1.807) is 18.2 Å². The van der Waals surface area contributed by atoms with Crippen LogP contribution in [0.25, 0.3) is 0 Å². The maximum absolute atomic E-state index is 11.4. The Kier molecular flexibility index (Phi) is 3.75. The molecule has 7 nitrogen and oxygen atoms in total. The number of nitrogens with zero attached hydrogens (tertiary/aromatic N) is 2. The Morgan fingerprint density at radius 1 is 1.20 bits per heavy atom. The third-order valence-electron chi connectivity index (χ3n) is 2.48. The molecule has 0 aliphatic rings. The summed E-state index contributed by atoms with van der Waals surface area (Å²) in [5.41, 5.74) is 6.23. The Balaban J connectivity index is 2.24. The largest absolute Gasteiger partial charge is 0.481 e. The molecule has 0 aliphatic carbocycles. The molecule has 106 valence electrons. The lowest BCUT2D eigenvalue weighted by Gasteiger charge is -2.08. The first-order valence-corrected chi connectivity index (χ1v) is 7.53. The van der Waals surface area contributed by atoms with E-state index in [9.17, 15) is 8.42 Å². The van der Waals surface area contributed by atoms with Gasteiger partial charge in [0.15, 0.2) is 9.84 Å². The van der Waals surface area contributed by atoms with Crippen LogP contribution < -0.4 is 15.8 Å². The number of methoxy groups -OCH3 is 1.